The number of amides is 1. The highest BCUT2D eigenvalue weighted by molar-refractivity contribution is 9.10. The molecule has 2 aromatic heterocycles. The lowest BCUT2D eigenvalue weighted by molar-refractivity contribution is 0.0771. The van der Waals surface area contributed by atoms with Gasteiger partial charge < -0.3 is 14.5 Å². The van der Waals surface area contributed by atoms with Crippen LogP contribution in [-0.4, -0.2) is 32.4 Å². The Morgan fingerprint density at radius 1 is 1.63 bits per heavy atom. The molecule has 3 rings (SSSR count). The van der Waals surface area contributed by atoms with Crippen LogP contribution in [0, 0.1) is 0 Å². The third-order valence-corrected chi connectivity index (χ3v) is 3.70. The number of carbonyl (C=O) groups is 1. The third-order valence-electron chi connectivity index (χ3n) is 3.26. The first-order valence-electron chi connectivity index (χ1n) is 6.26. The molecule has 0 spiro atoms. The van der Waals surface area contributed by atoms with Crippen molar-refractivity contribution < 1.29 is 4.79 Å². The van der Waals surface area contributed by atoms with Gasteiger partial charge in [0, 0.05) is 36.2 Å². The standard InChI is InChI=1S/C13H15BrN4O/c1-17(8-12-15-4-5-16-12)13(19)11-6-9(14)7-18(11)10-2-3-10/h4-7,10H,2-3,8H2,1H3,(H,15,16). The molecule has 2 heterocycles. The molecule has 6 heteroatoms. The number of imidazole rings is 1. The summed E-state index contributed by atoms with van der Waals surface area (Å²) in [6.45, 7) is 0.485. The van der Waals surface area contributed by atoms with E-state index in [1.807, 2.05) is 12.3 Å². The van der Waals surface area contributed by atoms with Crippen molar-refractivity contribution in [3.8, 4) is 0 Å². The summed E-state index contributed by atoms with van der Waals surface area (Å²) in [5.41, 5.74) is 0.739. The zero-order valence-electron chi connectivity index (χ0n) is 10.6. The SMILES string of the molecule is CN(Cc1ncc[nH]1)C(=O)c1cc(Br)cn1C1CC1. The molecule has 1 aliphatic rings. The first-order valence-corrected chi connectivity index (χ1v) is 7.05. The van der Waals surface area contributed by atoms with E-state index in [4.69, 9.17) is 0 Å². The van der Waals surface area contributed by atoms with E-state index in [-0.39, 0.29) is 5.91 Å². The normalized spacial score (nSPS) is 14.6. The summed E-state index contributed by atoms with van der Waals surface area (Å²) in [5.74, 6) is 0.813. The molecular formula is C13H15BrN4O. The molecule has 0 unspecified atom stereocenters. The van der Waals surface area contributed by atoms with Crippen molar-refractivity contribution in [2.24, 2.45) is 0 Å². The number of nitrogens with one attached hydrogen (secondary N) is 1. The minimum absolute atomic E-state index is 0.0222. The van der Waals surface area contributed by atoms with Crippen LogP contribution in [-0.2, 0) is 6.54 Å². The van der Waals surface area contributed by atoms with Crippen molar-refractivity contribution in [1.82, 2.24) is 19.4 Å². The number of aromatic amines is 1. The van der Waals surface area contributed by atoms with Gasteiger partial charge in [0.2, 0.25) is 0 Å². The molecule has 0 saturated heterocycles. The zero-order valence-corrected chi connectivity index (χ0v) is 12.2. The first kappa shape index (κ1) is 12.5. The van der Waals surface area contributed by atoms with Crippen LogP contribution >= 0.6 is 15.9 Å². The van der Waals surface area contributed by atoms with E-state index in [9.17, 15) is 4.79 Å². The quantitative estimate of drug-likeness (QED) is 0.940. The van der Waals surface area contributed by atoms with E-state index in [0.29, 0.717) is 12.6 Å². The van der Waals surface area contributed by atoms with Crippen LogP contribution in [0.4, 0.5) is 0 Å². The Balaban J connectivity index is 1.79. The van der Waals surface area contributed by atoms with Crippen molar-refractivity contribution in [1.29, 1.82) is 0 Å². The molecule has 1 aliphatic carbocycles. The summed E-state index contributed by atoms with van der Waals surface area (Å²) in [6.07, 6.45) is 7.76. The lowest BCUT2D eigenvalue weighted by Gasteiger charge is -2.17. The Bertz CT molecular complexity index is 586. The molecule has 0 radical (unpaired) electrons. The summed E-state index contributed by atoms with van der Waals surface area (Å²) < 4.78 is 3.03. The maximum Gasteiger partial charge on any atom is 0.270 e. The van der Waals surface area contributed by atoms with E-state index in [1.165, 1.54) is 0 Å². The molecule has 1 fully saturated rings. The first-order chi connectivity index (χ1) is 9.15. The molecule has 5 nitrogen and oxygen atoms in total. The van der Waals surface area contributed by atoms with Gasteiger partial charge in [0.25, 0.3) is 5.91 Å². The molecule has 2 aromatic rings. The monoisotopic (exact) mass is 322 g/mol. The Morgan fingerprint density at radius 3 is 3.05 bits per heavy atom. The van der Waals surface area contributed by atoms with Crippen molar-refractivity contribution in [3.63, 3.8) is 0 Å². The molecule has 0 atom stereocenters. The van der Waals surface area contributed by atoms with Gasteiger partial charge in [-0.2, -0.15) is 0 Å². The van der Waals surface area contributed by atoms with Gasteiger partial charge in [-0.25, -0.2) is 4.98 Å². The Labute approximate surface area is 119 Å². The van der Waals surface area contributed by atoms with Gasteiger partial charge in [0.1, 0.15) is 11.5 Å². The van der Waals surface area contributed by atoms with Gasteiger partial charge in [-0.15, -0.1) is 0 Å². The molecule has 19 heavy (non-hydrogen) atoms. The predicted octanol–water partition coefficient (Wildman–Crippen LogP) is 2.58. The van der Waals surface area contributed by atoms with E-state index < -0.39 is 0 Å². The summed E-state index contributed by atoms with van der Waals surface area (Å²) in [4.78, 5) is 21.3. The number of rotatable bonds is 4. The molecular weight excluding hydrogens is 308 g/mol. The van der Waals surface area contributed by atoms with Gasteiger partial charge in [0.05, 0.1) is 6.54 Å². The van der Waals surface area contributed by atoms with Crippen molar-refractivity contribution in [2.75, 3.05) is 7.05 Å². The Hall–Kier alpha value is -1.56. The average molecular weight is 323 g/mol. The highest BCUT2D eigenvalue weighted by atomic mass is 79.9. The molecule has 0 bridgehead atoms. The number of hydrogen-bond donors (Lipinski definition) is 1. The van der Waals surface area contributed by atoms with Crippen LogP contribution in [0.2, 0.25) is 0 Å². The number of hydrogen-bond acceptors (Lipinski definition) is 2. The van der Waals surface area contributed by atoms with Crippen LogP contribution in [0.25, 0.3) is 0 Å². The molecule has 1 N–H and O–H groups in total. The van der Waals surface area contributed by atoms with E-state index in [2.05, 4.69) is 30.5 Å². The highest BCUT2D eigenvalue weighted by Gasteiger charge is 2.28. The minimum atomic E-state index is 0.0222. The fraction of sp³-hybridized carbons (Fsp3) is 0.385. The molecule has 100 valence electrons. The largest absolute Gasteiger partial charge is 0.347 e. The number of halogens is 1. The number of H-pyrrole nitrogens is 1. The second-order valence-corrected chi connectivity index (χ2v) is 5.79. The number of aromatic nitrogens is 3. The van der Waals surface area contributed by atoms with Crippen LogP contribution < -0.4 is 0 Å². The van der Waals surface area contributed by atoms with Crippen LogP contribution in [0.5, 0.6) is 0 Å². The lowest BCUT2D eigenvalue weighted by Crippen LogP contribution is -2.28. The highest BCUT2D eigenvalue weighted by Crippen LogP contribution is 2.37. The topological polar surface area (TPSA) is 53.9 Å². The predicted molar refractivity (Wildman–Crippen MR) is 74.8 cm³/mol. The van der Waals surface area contributed by atoms with Crippen molar-refractivity contribution in [3.05, 3.63) is 40.6 Å². The lowest BCUT2D eigenvalue weighted by atomic mass is 10.3. The van der Waals surface area contributed by atoms with Crippen molar-refractivity contribution >= 4 is 21.8 Å². The fourth-order valence-corrected chi connectivity index (χ4v) is 2.59. The van der Waals surface area contributed by atoms with Crippen LogP contribution in [0.3, 0.4) is 0 Å². The number of nitrogens with zero attached hydrogens (tertiary/aromatic N) is 3. The van der Waals surface area contributed by atoms with Crippen molar-refractivity contribution in [2.45, 2.75) is 25.4 Å². The van der Waals surface area contributed by atoms with Gasteiger partial charge >= 0.3 is 0 Å². The maximum atomic E-state index is 12.5. The van der Waals surface area contributed by atoms with Gasteiger partial charge in [-0.1, -0.05) is 0 Å². The third kappa shape index (κ3) is 2.58. The van der Waals surface area contributed by atoms with E-state index >= 15 is 0 Å². The zero-order chi connectivity index (χ0) is 13.4. The Morgan fingerprint density at radius 2 is 2.42 bits per heavy atom. The second-order valence-electron chi connectivity index (χ2n) is 4.88. The maximum absolute atomic E-state index is 12.5. The summed E-state index contributed by atoms with van der Waals surface area (Å²) in [6, 6.07) is 2.38. The second kappa shape index (κ2) is 4.85. The Kier molecular flexibility index (Phi) is 3.18. The number of carbonyl (C=O) groups excluding carboxylic acids is 1. The molecule has 0 aliphatic heterocycles. The minimum Gasteiger partial charge on any atom is -0.347 e. The summed E-state index contributed by atoms with van der Waals surface area (Å²) in [7, 11) is 1.79. The summed E-state index contributed by atoms with van der Waals surface area (Å²) in [5, 5.41) is 0. The summed E-state index contributed by atoms with van der Waals surface area (Å²) >= 11 is 3.45. The average Bonchev–Trinajstić information content (AvgIpc) is 2.97. The molecule has 1 amide bonds. The van der Waals surface area contributed by atoms with Gasteiger partial charge in [-0.05, 0) is 34.8 Å². The van der Waals surface area contributed by atoms with E-state index in [0.717, 1.165) is 28.8 Å². The van der Waals surface area contributed by atoms with Crippen LogP contribution in [0.1, 0.15) is 35.2 Å². The smallest absolute Gasteiger partial charge is 0.270 e. The molecule has 1 saturated carbocycles. The van der Waals surface area contributed by atoms with Gasteiger partial charge in [-0.3, -0.25) is 4.79 Å². The van der Waals surface area contributed by atoms with Crippen LogP contribution in [0.15, 0.2) is 29.1 Å². The van der Waals surface area contributed by atoms with Gasteiger partial charge in [0.15, 0.2) is 0 Å². The van der Waals surface area contributed by atoms with E-state index in [1.54, 1.807) is 24.3 Å². The fourth-order valence-electron chi connectivity index (χ4n) is 2.15. The molecule has 0 aromatic carbocycles.